The van der Waals surface area contributed by atoms with Gasteiger partial charge in [-0.05, 0) is 17.7 Å². The van der Waals surface area contributed by atoms with Crippen molar-refractivity contribution >= 4 is 17.8 Å². The van der Waals surface area contributed by atoms with E-state index in [-0.39, 0.29) is 18.4 Å². The maximum Gasteiger partial charge on any atom is 0.337 e. The average Bonchev–Trinajstić information content (AvgIpc) is 2.49. The summed E-state index contributed by atoms with van der Waals surface area (Å²) in [5, 5.41) is 5.28. The summed E-state index contributed by atoms with van der Waals surface area (Å²) in [6, 6.07) is 6.74. The second kappa shape index (κ2) is 7.59. The van der Waals surface area contributed by atoms with E-state index in [1.165, 1.54) is 7.11 Å². The molecule has 0 aromatic heterocycles. The third-order valence-electron chi connectivity index (χ3n) is 2.96. The van der Waals surface area contributed by atoms with Crippen molar-refractivity contribution in [2.45, 2.75) is 27.3 Å². The third-order valence-corrected chi connectivity index (χ3v) is 2.96. The Morgan fingerprint density at radius 3 is 2.14 bits per heavy atom. The summed E-state index contributed by atoms with van der Waals surface area (Å²) in [6.07, 6.45) is 0. The van der Waals surface area contributed by atoms with Gasteiger partial charge in [-0.25, -0.2) is 4.79 Å². The fourth-order valence-corrected chi connectivity index (χ4v) is 1.57. The Kier molecular flexibility index (Phi) is 6.10. The number of rotatable bonds is 5. The predicted molar refractivity (Wildman–Crippen MR) is 82.1 cm³/mol. The van der Waals surface area contributed by atoms with Gasteiger partial charge in [-0.2, -0.15) is 0 Å². The molecule has 2 amide bonds. The van der Waals surface area contributed by atoms with Gasteiger partial charge >= 0.3 is 5.97 Å². The van der Waals surface area contributed by atoms with Gasteiger partial charge in [0.05, 0.1) is 19.2 Å². The van der Waals surface area contributed by atoms with Crippen LogP contribution in [0.3, 0.4) is 0 Å². The smallest absolute Gasteiger partial charge is 0.337 e. The van der Waals surface area contributed by atoms with Crippen molar-refractivity contribution in [3.63, 3.8) is 0 Å². The van der Waals surface area contributed by atoms with E-state index >= 15 is 0 Å². The molecule has 0 aliphatic rings. The summed E-state index contributed by atoms with van der Waals surface area (Å²) in [7, 11) is 1.32. The number of esters is 1. The number of benzene rings is 1. The number of amides is 2. The average molecular weight is 306 g/mol. The van der Waals surface area contributed by atoms with Crippen molar-refractivity contribution in [2.75, 3.05) is 13.7 Å². The Hall–Kier alpha value is -2.37. The molecule has 1 aromatic rings. The molecule has 0 atom stereocenters. The van der Waals surface area contributed by atoms with Crippen LogP contribution in [0.25, 0.3) is 0 Å². The van der Waals surface area contributed by atoms with Crippen LogP contribution in [0, 0.1) is 5.41 Å². The van der Waals surface area contributed by atoms with Crippen molar-refractivity contribution in [3.05, 3.63) is 35.4 Å². The molecule has 0 unspecified atom stereocenters. The first-order chi connectivity index (χ1) is 10.2. The summed E-state index contributed by atoms with van der Waals surface area (Å²) in [6.45, 7) is 5.61. The first-order valence-electron chi connectivity index (χ1n) is 6.96. The molecule has 0 saturated heterocycles. The minimum atomic E-state index is -0.524. The Bertz CT molecular complexity index is 544. The van der Waals surface area contributed by atoms with E-state index in [1.807, 2.05) is 0 Å². The second-order valence-electron chi connectivity index (χ2n) is 5.90. The van der Waals surface area contributed by atoms with E-state index in [0.717, 1.165) is 5.56 Å². The molecule has 0 radical (unpaired) electrons. The monoisotopic (exact) mass is 306 g/mol. The number of hydrogen-bond acceptors (Lipinski definition) is 4. The van der Waals surface area contributed by atoms with Crippen LogP contribution in [-0.4, -0.2) is 31.4 Å². The Labute approximate surface area is 130 Å². The van der Waals surface area contributed by atoms with Gasteiger partial charge in [0, 0.05) is 12.0 Å². The Balaban J connectivity index is 2.41. The Morgan fingerprint density at radius 2 is 1.64 bits per heavy atom. The van der Waals surface area contributed by atoms with Gasteiger partial charge < -0.3 is 15.4 Å². The fraction of sp³-hybridized carbons (Fsp3) is 0.438. The van der Waals surface area contributed by atoms with E-state index in [2.05, 4.69) is 15.4 Å². The molecule has 1 rings (SSSR count). The summed E-state index contributed by atoms with van der Waals surface area (Å²) < 4.78 is 4.61. The van der Waals surface area contributed by atoms with Crippen LogP contribution in [-0.2, 0) is 20.9 Å². The molecule has 0 saturated carbocycles. The van der Waals surface area contributed by atoms with Gasteiger partial charge in [0.2, 0.25) is 11.8 Å². The summed E-state index contributed by atoms with van der Waals surface area (Å²) >= 11 is 0. The van der Waals surface area contributed by atoms with Crippen molar-refractivity contribution in [2.24, 2.45) is 5.41 Å². The molecule has 0 spiro atoms. The molecule has 1 aromatic carbocycles. The molecule has 120 valence electrons. The van der Waals surface area contributed by atoms with Gasteiger partial charge in [0.1, 0.15) is 0 Å². The van der Waals surface area contributed by atoms with E-state index < -0.39 is 11.4 Å². The topological polar surface area (TPSA) is 84.5 Å². The van der Waals surface area contributed by atoms with Crippen molar-refractivity contribution < 1.29 is 19.1 Å². The molecule has 6 heteroatoms. The molecular weight excluding hydrogens is 284 g/mol. The predicted octanol–water partition coefficient (Wildman–Crippen LogP) is 1.25. The molecule has 6 nitrogen and oxygen atoms in total. The minimum Gasteiger partial charge on any atom is -0.465 e. The molecule has 0 aliphatic carbocycles. The van der Waals surface area contributed by atoms with Crippen LogP contribution in [0.4, 0.5) is 0 Å². The van der Waals surface area contributed by atoms with E-state index in [4.69, 9.17) is 0 Å². The lowest BCUT2D eigenvalue weighted by Crippen LogP contribution is -2.41. The van der Waals surface area contributed by atoms with Crippen LogP contribution >= 0.6 is 0 Å². The van der Waals surface area contributed by atoms with Crippen molar-refractivity contribution in [1.82, 2.24) is 10.6 Å². The van der Waals surface area contributed by atoms with Gasteiger partial charge in [-0.15, -0.1) is 0 Å². The molecule has 0 heterocycles. The van der Waals surface area contributed by atoms with E-state index in [9.17, 15) is 14.4 Å². The summed E-state index contributed by atoms with van der Waals surface area (Å²) in [5.41, 5.74) is 0.780. The SMILES string of the molecule is COC(=O)c1ccc(CNC(=O)CNC(=O)C(C)(C)C)cc1. The van der Waals surface area contributed by atoms with Gasteiger partial charge in [0.15, 0.2) is 0 Å². The molecule has 2 N–H and O–H groups in total. The van der Waals surface area contributed by atoms with E-state index in [1.54, 1.807) is 45.0 Å². The van der Waals surface area contributed by atoms with Crippen molar-refractivity contribution in [1.29, 1.82) is 0 Å². The highest BCUT2D eigenvalue weighted by atomic mass is 16.5. The van der Waals surface area contributed by atoms with E-state index in [0.29, 0.717) is 12.1 Å². The highest BCUT2D eigenvalue weighted by Crippen LogP contribution is 2.11. The molecule has 0 bridgehead atoms. The number of carbonyl (C=O) groups is 3. The zero-order chi connectivity index (χ0) is 16.8. The maximum absolute atomic E-state index is 11.7. The highest BCUT2D eigenvalue weighted by molar-refractivity contribution is 5.89. The van der Waals surface area contributed by atoms with Gasteiger partial charge in [-0.1, -0.05) is 32.9 Å². The second-order valence-corrected chi connectivity index (χ2v) is 5.90. The molecule has 0 aliphatic heterocycles. The maximum atomic E-state index is 11.7. The number of ether oxygens (including phenoxy) is 1. The highest BCUT2D eigenvalue weighted by Gasteiger charge is 2.21. The van der Waals surface area contributed by atoms with Crippen LogP contribution in [0.5, 0.6) is 0 Å². The van der Waals surface area contributed by atoms with Gasteiger partial charge in [-0.3, -0.25) is 9.59 Å². The van der Waals surface area contributed by atoms with Crippen LogP contribution in [0.2, 0.25) is 0 Å². The number of hydrogen-bond donors (Lipinski definition) is 2. The zero-order valence-corrected chi connectivity index (χ0v) is 13.4. The number of nitrogens with one attached hydrogen (secondary N) is 2. The van der Waals surface area contributed by atoms with Gasteiger partial charge in [0.25, 0.3) is 0 Å². The first-order valence-corrected chi connectivity index (χ1v) is 6.96. The number of methoxy groups -OCH3 is 1. The largest absolute Gasteiger partial charge is 0.465 e. The first kappa shape index (κ1) is 17.7. The lowest BCUT2D eigenvalue weighted by molar-refractivity contribution is -0.131. The summed E-state index contributed by atoms with van der Waals surface area (Å²) in [5.74, 6) is -0.847. The quantitative estimate of drug-likeness (QED) is 0.802. The van der Waals surface area contributed by atoms with Crippen LogP contribution in [0.15, 0.2) is 24.3 Å². The normalized spacial score (nSPS) is 10.7. The van der Waals surface area contributed by atoms with Crippen LogP contribution in [0.1, 0.15) is 36.7 Å². The number of carbonyl (C=O) groups excluding carboxylic acids is 3. The standard InChI is InChI=1S/C16H22N2O4/c1-16(2,3)15(21)18-10-13(19)17-9-11-5-7-12(8-6-11)14(20)22-4/h5-8H,9-10H2,1-4H3,(H,17,19)(H,18,21). The minimum absolute atomic E-state index is 0.0592. The molecule has 22 heavy (non-hydrogen) atoms. The lowest BCUT2D eigenvalue weighted by Gasteiger charge is -2.17. The summed E-state index contributed by atoms with van der Waals surface area (Å²) in [4.78, 5) is 34.6. The van der Waals surface area contributed by atoms with Crippen molar-refractivity contribution in [3.8, 4) is 0 Å². The zero-order valence-electron chi connectivity index (χ0n) is 13.4. The Morgan fingerprint density at radius 1 is 1.05 bits per heavy atom. The molecule has 0 fully saturated rings. The lowest BCUT2D eigenvalue weighted by atomic mass is 9.96. The fourth-order valence-electron chi connectivity index (χ4n) is 1.57. The van der Waals surface area contributed by atoms with Crippen LogP contribution < -0.4 is 10.6 Å². The third kappa shape index (κ3) is 5.55. The molecular formula is C16H22N2O4.